The number of nitrogens with one attached hydrogen (secondary N) is 1. The number of Topliss-reactive ketones (excluding diaryl/α,β-unsaturated/α-hetero) is 1. The molecule has 1 heterocycles. The van der Waals surface area contributed by atoms with Crippen LogP contribution in [0.1, 0.15) is 61.4 Å². The van der Waals surface area contributed by atoms with Gasteiger partial charge in [-0.1, -0.05) is 38.3 Å². The quantitative estimate of drug-likeness (QED) is 0.601. The second-order valence-electron chi connectivity index (χ2n) is 5.10. The van der Waals surface area contributed by atoms with Crippen LogP contribution in [0.5, 0.6) is 0 Å². The third-order valence-corrected chi connectivity index (χ3v) is 3.65. The number of rotatable bonds is 6. The van der Waals surface area contributed by atoms with Gasteiger partial charge in [-0.2, -0.15) is 0 Å². The molecule has 0 aromatic heterocycles. The minimum absolute atomic E-state index is 0.326. The first-order valence-corrected chi connectivity index (χ1v) is 7.22. The van der Waals surface area contributed by atoms with Gasteiger partial charge in [-0.05, 0) is 30.9 Å². The highest BCUT2D eigenvalue weighted by atomic mass is 16.1. The molecule has 1 aromatic carbocycles. The number of anilines is 1. The second kappa shape index (κ2) is 6.58. The van der Waals surface area contributed by atoms with E-state index in [9.17, 15) is 4.79 Å². The standard InChI is InChI=1S/C16H23NO/c1-2-3-4-5-11-16(18)14-8-6-10-15-13(14)9-7-12-17-15/h6,8,10,17H,2-5,7,9,11-12H2,1H3. The molecule has 1 aliphatic heterocycles. The van der Waals surface area contributed by atoms with E-state index >= 15 is 0 Å². The monoisotopic (exact) mass is 245 g/mol. The van der Waals surface area contributed by atoms with Crippen LogP contribution in [0.25, 0.3) is 0 Å². The fourth-order valence-corrected chi connectivity index (χ4v) is 2.62. The van der Waals surface area contributed by atoms with Crippen molar-refractivity contribution in [2.75, 3.05) is 11.9 Å². The number of hydrogen-bond donors (Lipinski definition) is 1. The molecular formula is C16H23NO. The summed E-state index contributed by atoms with van der Waals surface area (Å²) in [5, 5.41) is 3.38. The van der Waals surface area contributed by atoms with E-state index < -0.39 is 0 Å². The maximum absolute atomic E-state index is 12.3. The lowest BCUT2D eigenvalue weighted by molar-refractivity contribution is 0.0978. The largest absolute Gasteiger partial charge is 0.385 e. The molecule has 0 saturated carbocycles. The van der Waals surface area contributed by atoms with Crippen LogP contribution in [0.3, 0.4) is 0 Å². The Morgan fingerprint density at radius 2 is 2.17 bits per heavy atom. The summed E-state index contributed by atoms with van der Waals surface area (Å²) in [7, 11) is 0. The molecule has 1 N–H and O–H groups in total. The topological polar surface area (TPSA) is 29.1 Å². The third-order valence-electron chi connectivity index (χ3n) is 3.65. The predicted molar refractivity (Wildman–Crippen MR) is 76.3 cm³/mol. The molecule has 0 saturated heterocycles. The van der Waals surface area contributed by atoms with E-state index in [1.165, 1.54) is 30.5 Å². The van der Waals surface area contributed by atoms with Gasteiger partial charge < -0.3 is 5.32 Å². The van der Waals surface area contributed by atoms with E-state index in [-0.39, 0.29) is 0 Å². The van der Waals surface area contributed by atoms with Gasteiger partial charge in [-0.25, -0.2) is 0 Å². The molecular weight excluding hydrogens is 222 g/mol. The van der Waals surface area contributed by atoms with Crippen LogP contribution in [0, 0.1) is 0 Å². The van der Waals surface area contributed by atoms with Gasteiger partial charge in [0.1, 0.15) is 0 Å². The van der Waals surface area contributed by atoms with Crippen LogP contribution < -0.4 is 5.32 Å². The molecule has 0 unspecified atom stereocenters. The summed E-state index contributed by atoms with van der Waals surface area (Å²) in [6.07, 6.45) is 7.54. The highest BCUT2D eigenvalue weighted by Gasteiger charge is 2.16. The first-order valence-electron chi connectivity index (χ1n) is 7.22. The highest BCUT2D eigenvalue weighted by molar-refractivity contribution is 5.98. The lowest BCUT2D eigenvalue weighted by Crippen LogP contribution is -2.15. The predicted octanol–water partition coefficient (Wildman–Crippen LogP) is 4.20. The summed E-state index contributed by atoms with van der Waals surface area (Å²) in [5.41, 5.74) is 3.36. The van der Waals surface area contributed by atoms with Crippen LogP contribution >= 0.6 is 0 Å². The first kappa shape index (κ1) is 13.1. The lowest BCUT2D eigenvalue weighted by Gasteiger charge is -2.20. The van der Waals surface area contributed by atoms with E-state index in [2.05, 4.69) is 18.3 Å². The van der Waals surface area contributed by atoms with Crippen LogP contribution in [-0.4, -0.2) is 12.3 Å². The molecule has 1 aromatic rings. The fourth-order valence-electron chi connectivity index (χ4n) is 2.62. The van der Waals surface area contributed by atoms with E-state index in [1.807, 2.05) is 12.1 Å². The van der Waals surface area contributed by atoms with Crippen LogP contribution in [0.4, 0.5) is 5.69 Å². The lowest BCUT2D eigenvalue weighted by atomic mass is 9.93. The number of hydrogen-bond acceptors (Lipinski definition) is 2. The molecule has 0 atom stereocenters. The van der Waals surface area contributed by atoms with Crippen molar-refractivity contribution in [2.45, 2.75) is 51.9 Å². The zero-order valence-corrected chi connectivity index (χ0v) is 11.3. The van der Waals surface area contributed by atoms with Gasteiger partial charge in [-0.15, -0.1) is 0 Å². The summed E-state index contributed by atoms with van der Waals surface area (Å²) in [4.78, 5) is 12.3. The molecule has 2 heteroatoms. The van der Waals surface area contributed by atoms with Crippen LogP contribution in [0.15, 0.2) is 18.2 Å². The number of benzene rings is 1. The first-order chi connectivity index (χ1) is 8.83. The summed E-state index contributed by atoms with van der Waals surface area (Å²) >= 11 is 0. The molecule has 0 spiro atoms. The van der Waals surface area contributed by atoms with E-state index in [0.717, 1.165) is 31.4 Å². The maximum atomic E-state index is 12.3. The third kappa shape index (κ3) is 3.12. The van der Waals surface area contributed by atoms with E-state index in [0.29, 0.717) is 12.2 Å². The van der Waals surface area contributed by atoms with Gasteiger partial charge in [0.05, 0.1) is 0 Å². The van der Waals surface area contributed by atoms with Gasteiger partial charge in [0.15, 0.2) is 5.78 Å². The summed E-state index contributed by atoms with van der Waals surface area (Å²) in [6, 6.07) is 6.08. The Hall–Kier alpha value is -1.31. The van der Waals surface area contributed by atoms with Gasteiger partial charge in [0.25, 0.3) is 0 Å². The molecule has 2 nitrogen and oxygen atoms in total. The Balaban J connectivity index is 2.01. The average Bonchev–Trinajstić information content (AvgIpc) is 2.43. The maximum Gasteiger partial charge on any atom is 0.163 e. The zero-order chi connectivity index (χ0) is 12.8. The van der Waals surface area contributed by atoms with Gasteiger partial charge >= 0.3 is 0 Å². The SMILES string of the molecule is CCCCCCC(=O)c1cccc2c1CCCN2. The Bertz CT molecular complexity index is 412. The Morgan fingerprint density at radius 3 is 3.00 bits per heavy atom. The van der Waals surface area contributed by atoms with Crippen LogP contribution in [0.2, 0.25) is 0 Å². The summed E-state index contributed by atoms with van der Waals surface area (Å²) in [6.45, 7) is 3.22. The van der Waals surface area contributed by atoms with E-state index in [4.69, 9.17) is 0 Å². The van der Waals surface area contributed by atoms with Crippen molar-refractivity contribution in [3.63, 3.8) is 0 Å². The second-order valence-corrected chi connectivity index (χ2v) is 5.10. The normalized spacial score (nSPS) is 13.8. The van der Waals surface area contributed by atoms with Crippen molar-refractivity contribution >= 4 is 11.5 Å². The summed E-state index contributed by atoms with van der Waals surface area (Å²) < 4.78 is 0. The minimum Gasteiger partial charge on any atom is -0.385 e. The Morgan fingerprint density at radius 1 is 1.28 bits per heavy atom. The molecule has 0 aliphatic carbocycles. The van der Waals surface area contributed by atoms with Gasteiger partial charge in [0.2, 0.25) is 0 Å². The Labute approximate surface area is 110 Å². The van der Waals surface area contributed by atoms with Crippen molar-refractivity contribution in [3.05, 3.63) is 29.3 Å². The molecule has 0 amide bonds. The molecule has 98 valence electrons. The average molecular weight is 245 g/mol. The smallest absolute Gasteiger partial charge is 0.163 e. The van der Waals surface area contributed by atoms with Crippen molar-refractivity contribution < 1.29 is 4.79 Å². The summed E-state index contributed by atoms with van der Waals surface area (Å²) in [5.74, 6) is 0.326. The van der Waals surface area contributed by atoms with Crippen molar-refractivity contribution in [1.82, 2.24) is 0 Å². The van der Waals surface area contributed by atoms with Crippen molar-refractivity contribution in [2.24, 2.45) is 0 Å². The molecule has 0 radical (unpaired) electrons. The molecule has 0 bridgehead atoms. The van der Waals surface area contributed by atoms with Crippen molar-refractivity contribution in [3.8, 4) is 0 Å². The number of fused-ring (bicyclic) bond motifs is 1. The Kier molecular flexibility index (Phi) is 4.80. The number of unbranched alkanes of at least 4 members (excludes halogenated alkanes) is 3. The minimum atomic E-state index is 0.326. The van der Waals surface area contributed by atoms with E-state index in [1.54, 1.807) is 0 Å². The number of carbonyl (C=O) groups excluding carboxylic acids is 1. The zero-order valence-electron chi connectivity index (χ0n) is 11.3. The number of ketones is 1. The van der Waals surface area contributed by atoms with Gasteiger partial charge in [0, 0.05) is 24.2 Å². The molecule has 0 fully saturated rings. The number of carbonyl (C=O) groups is 1. The molecule has 2 rings (SSSR count). The highest BCUT2D eigenvalue weighted by Crippen LogP contribution is 2.26. The van der Waals surface area contributed by atoms with Crippen molar-refractivity contribution in [1.29, 1.82) is 0 Å². The van der Waals surface area contributed by atoms with Gasteiger partial charge in [-0.3, -0.25) is 4.79 Å². The van der Waals surface area contributed by atoms with Crippen LogP contribution in [-0.2, 0) is 6.42 Å². The molecule has 1 aliphatic rings. The molecule has 18 heavy (non-hydrogen) atoms. The fraction of sp³-hybridized carbons (Fsp3) is 0.562.